The Morgan fingerprint density at radius 3 is 2.70 bits per heavy atom. The summed E-state index contributed by atoms with van der Waals surface area (Å²) in [6.07, 6.45) is 0.525. The molecule has 0 saturated carbocycles. The molecule has 2 rings (SSSR count). The van der Waals surface area contributed by atoms with Crippen LogP contribution in [0.1, 0.15) is 19.7 Å². The van der Waals surface area contributed by atoms with Gasteiger partial charge in [0.15, 0.2) is 0 Å². The molecule has 0 aliphatic rings. The molecule has 0 aliphatic carbocycles. The number of para-hydroxylation sites is 2. The van der Waals surface area contributed by atoms with Crippen LogP contribution >= 0.6 is 0 Å². The summed E-state index contributed by atoms with van der Waals surface area (Å²) in [7, 11) is -3.42. The average Bonchev–Trinajstić information content (AvgIpc) is 2.79. The lowest BCUT2D eigenvalue weighted by Crippen LogP contribution is -2.39. The third-order valence-corrected chi connectivity index (χ3v) is 3.90. The number of benzene rings is 1. The van der Waals surface area contributed by atoms with Gasteiger partial charge in [0.25, 0.3) is 10.2 Å². The smallest absolute Gasteiger partial charge is 0.276 e. The summed E-state index contributed by atoms with van der Waals surface area (Å²) < 4.78 is 28.3. The minimum atomic E-state index is -3.42. The molecule has 0 spiro atoms. The fourth-order valence-corrected chi connectivity index (χ4v) is 2.78. The van der Waals surface area contributed by atoms with E-state index in [1.54, 1.807) is 0 Å². The van der Waals surface area contributed by atoms with Gasteiger partial charge in [-0.3, -0.25) is 0 Å². The van der Waals surface area contributed by atoms with Gasteiger partial charge in [0.2, 0.25) is 0 Å². The standard InChI is InChI=1S/C13H20N4O2S/c1-10(2)9-15-20(18,19)14-8-7-13-16-11-5-3-4-6-12(11)17-13/h3-6,10,14-15H,7-9H2,1-2H3,(H,16,17). The van der Waals surface area contributed by atoms with E-state index in [0.717, 1.165) is 16.9 Å². The van der Waals surface area contributed by atoms with Gasteiger partial charge in [0, 0.05) is 19.5 Å². The molecule has 1 heterocycles. The highest BCUT2D eigenvalue weighted by molar-refractivity contribution is 7.87. The first kappa shape index (κ1) is 15.0. The van der Waals surface area contributed by atoms with Crippen molar-refractivity contribution < 1.29 is 8.42 Å². The Kier molecular flexibility index (Phi) is 4.74. The van der Waals surface area contributed by atoms with Crippen molar-refractivity contribution in [2.24, 2.45) is 5.92 Å². The zero-order valence-corrected chi connectivity index (χ0v) is 12.5. The molecule has 0 atom stereocenters. The van der Waals surface area contributed by atoms with Gasteiger partial charge < -0.3 is 4.98 Å². The molecule has 1 aromatic carbocycles. The SMILES string of the molecule is CC(C)CNS(=O)(=O)NCCc1nc2ccccc2[nH]1. The number of nitrogens with one attached hydrogen (secondary N) is 3. The van der Waals surface area contributed by atoms with Gasteiger partial charge in [-0.1, -0.05) is 26.0 Å². The summed E-state index contributed by atoms with van der Waals surface area (Å²) in [5, 5.41) is 0. The fourth-order valence-electron chi connectivity index (χ4n) is 1.76. The quantitative estimate of drug-likeness (QED) is 0.717. The second kappa shape index (κ2) is 6.34. The molecule has 0 aliphatic heterocycles. The fraction of sp³-hybridized carbons (Fsp3) is 0.462. The molecular weight excluding hydrogens is 276 g/mol. The van der Waals surface area contributed by atoms with Crippen LogP contribution in [0, 0.1) is 5.92 Å². The average molecular weight is 296 g/mol. The van der Waals surface area contributed by atoms with Crippen LogP contribution in [0.2, 0.25) is 0 Å². The number of aromatic nitrogens is 2. The van der Waals surface area contributed by atoms with Gasteiger partial charge in [-0.05, 0) is 18.1 Å². The molecule has 0 unspecified atom stereocenters. The van der Waals surface area contributed by atoms with Crippen LogP contribution in [-0.2, 0) is 16.6 Å². The number of H-pyrrole nitrogens is 1. The molecule has 3 N–H and O–H groups in total. The Hall–Kier alpha value is -1.44. The van der Waals surface area contributed by atoms with Gasteiger partial charge >= 0.3 is 0 Å². The van der Waals surface area contributed by atoms with Crippen molar-refractivity contribution in [3.05, 3.63) is 30.1 Å². The Bertz CT molecular complexity index is 631. The van der Waals surface area contributed by atoms with Crippen LogP contribution in [0.3, 0.4) is 0 Å². The number of rotatable bonds is 7. The third-order valence-electron chi connectivity index (χ3n) is 2.77. The van der Waals surface area contributed by atoms with Crippen molar-refractivity contribution >= 4 is 21.2 Å². The Morgan fingerprint density at radius 1 is 1.25 bits per heavy atom. The lowest BCUT2D eigenvalue weighted by Gasteiger charge is -2.09. The monoisotopic (exact) mass is 296 g/mol. The number of nitrogens with zero attached hydrogens (tertiary/aromatic N) is 1. The topological polar surface area (TPSA) is 86.9 Å². The maximum atomic E-state index is 11.6. The minimum absolute atomic E-state index is 0.280. The molecule has 2 aromatic rings. The van der Waals surface area contributed by atoms with Crippen molar-refractivity contribution in [3.63, 3.8) is 0 Å². The van der Waals surface area contributed by atoms with Crippen LogP contribution in [-0.4, -0.2) is 31.5 Å². The van der Waals surface area contributed by atoms with E-state index in [-0.39, 0.29) is 5.92 Å². The van der Waals surface area contributed by atoms with Crippen molar-refractivity contribution in [2.45, 2.75) is 20.3 Å². The van der Waals surface area contributed by atoms with Gasteiger partial charge in [-0.15, -0.1) is 0 Å². The first-order chi connectivity index (χ1) is 9.46. The molecular formula is C13H20N4O2S. The van der Waals surface area contributed by atoms with Crippen molar-refractivity contribution in [2.75, 3.05) is 13.1 Å². The number of hydrogen-bond acceptors (Lipinski definition) is 3. The summed E-state index contributed by atoms with van der Waals surface area (Å²) in [4.78, 5) is 7.56. The molecule has 7 heteroatoms. The molecule has 20 heavy (non-hydrogen) atoms. The maximum Gasteiger partial charge on any atom is 0.276 e. The Morgan fingerprint density at radius 2 is 2.00 bits per heavy atom. The summed E-state index contributed by atoms with van der Waals surface area (Å²) in [6, 6.07) is 7.72. The number of hydrogen-bond donors (Lipinski definition) is 3. The minimum Gasteiger partial charge on any atom is -0.342 e. The predicted octanol–water partition coefficient (Wildman–Crippen LogP) is 1.19. The van der Waals surface area contributed by atoms with E-state index in [9.17, 15) is 8.42 Å². The summed E-state index contributed by atoms with van der Waals surface area (Å²) in [5.74, 6) is 1.06. The number of imidazole rings is 1. The van der Waals surface area contributed by atoms with Crippen LogP contribution in [0.5, 0.6) is 0 Å². The number of fused-ring (bicyclic) bond motifs is 1. The largest absolute Gasteiger partial charge is 0.342 e. The van der Waals surface area contributed by atoms with E-state index in [2.05, 4.69) is 19.4 Å². The van der Waals surface area contributed by atoms with Gasteiger partial charge in [0.1, 0.15) is 5.82 Å². The zero-order valence-electron chi connectivity index (χ0n) is 11.7. The van der Waals surface area contributed by atoms with E-state index in [1.165, 1.54) is 0 Å². The van der Waals surface area contributed by atoms with E-state index in [1.807, 2.05) is 38.1 Å². The van der Waals surface area contributed by atoms with Crippen molar-refractivity contribution in [3.8, 4) is 0 Å². The van der Waals surface area contributed by atoms with Crippen LogP contribution < -0.4 is 9.44 Å². The van der Waals surface area contributed by atoms with Crippen molar-refractivity contribution in [1.29, 1.82) is 0 Å². The predicted molar refractivity (Wildman–Crippen MR) is 79.6 cm³/mol. The summed E-state index contributed by atoms with van der Waals surface area (Å²) >= 11 is 0. The second-order valence-electron chi connectivity index (χ2n) is 5.09. The first-order valence-corrected chi connectivity index (χ1v) is 8.12. The van der Waals surface area contributed by atoms with Gasteiger partial charge in [-0.25, -0.2) is 14.4 Å². The molecule has 0 bridgehead atoms. The highest BCUT2D eigenvalue weighted by Crippen LogP contribution is 2.10. The molecule has 1 aromatic heterocycles. The van der Waals surface area contributed by atoms with E-state index < -0.39 is 10.2 Å². The van der Waals surface area contributed by atoms with Crippen LogP contribution in [0.15, 0.2) is 24.3 Å². The lowest BCUT2D eigenvalue weighted by molar-refractivity contribution is 0.547. The van der Waals surface area contributed by atoms with Crippen LogP contribution in [0.25, 0.3) is 11.0 Å². The zero-order chi connectivity index (χ0) is 14.6. The van der Waals surface area contributed by atoms with E-state index in [4.69, 9.17) is 0 Å². The molecule has 0 amide bonds. The van der Waals surface area contributed by atoms with E-state index >= 15 is 0 Å². The second-order valence-corrected chi connectivity index (χ2v) is 6.67. The first-order valence-electron chi connectivity index (χ1n) is 6.64. The third kappa shape index (κ3) is 4.29. The Labute approximate surface area is 119 Å². The molecule has 0 fully saturated rings. The molecule has 110 valence electrons. The molecule has 0 radical (unpaired) electrons. The lowest BCUT2D eigenvalue weighted by atomic mass is 10.2. The molecule has 0 saturated heterocycles. The van der Waals surface area contributed by atoms with Crippen LogP contribution in [0.4, 0.5) is 0 Å². The van der Waals surface area contributed by atoms with Gasteiger partial charge in [0.05, 0.1) is 11.0 Å². The summed E-state index contributed by atoms with van der Waals surface area (Å²) in [5.41, 5.74) is 1.85. The summed E-state index contributed by atoms with van der Waals surface area (Å²) in [6.45, 7) is 4.65. The van der Waals surface area contributed by atoms with E-state index in [0.29, 0.717) is 19.5 Å². The maximum absolute atomic E-state index is 11.6. The van der Waals surface area contributed by atoms with Crippen molar-refractivity contribution in [1.82, 2.24) is 19.4 Å². The Balaban J connectivity index is 1.86. The number of aromatic amines is 1. The molecule has 6 nitrogen and oxygen atoms in total. The van der Waals surface area contributed by atoms with Gasteiger partial charge in [-0.2, -0.15) is 8.42 Å². The highest BCUT2D eigenvalue weighted by atomic mass is 32.2. The highest BCUT2D eigenvalue weighted by Gasteiger charge is 2.10. The normalized spacial score (nSPS) is 12.3.